The molecule has 0 saturated carbocycles. The van der Waals surface area contributed by atoms with Crippen molar-refractivity contribution in [2.45, 2.75) is 6.92 Å². The quantitative estimate of drug-likeness (QED) is 0.450. The second-order valence-electron chi connectivity index (χ2n) is 2.92. The maximum absolute atomic E-state index is 10.7. The van der Waals surface area contributed by atoms with Gasteiger partial charge in [-0.15, -0.1) is 0 Å². The Hall–Kier alpha value is -2.35. The number of nitro groups is 1. The van der Waals surface area contributed by atoms with Gasteiger partial charge in [0.25, 0.3) is 5.69 Å². The fraction of sp³-hybridized carbons (Fsp3) is 0.100. The molecule has 0 unspecified atom stereocenters. The Morgan fingerprint density at radius 2 is 2.13 bits per heavy atom. The van der Waals surface area contributed by atoms with E-state index in [4.69, 9.17) is 11.0 Å². The highest BCUT2D eigenvalue weighted by Crippen LogP contribution is 2.24. The van der Waals surface area contributed by atoms with Crippen LogP contribution >= 0.6 is 0 Å². The molecular formula is C10H9N3O2. The minimum absolute atomic E-state index is 0.0930. The number of allylic oxidation sites excluding steroid dienone is 1. The second kappa shape index (κ2) is 4.24. The van der Waals surface area contributed by atoms with Crippen molar-refractivity contribution in [3.8, 4) is 6.07 Å². The van der Waals surface area contributed by atoms with Crippen LogP contribution in [0.2, 0.25) is 0 Å². The van der Waals surface area contributed by atoms with Gasteiger partial charge in [0.2, 0.25) is 0 Å². The summed E-state index contributed by atoms with van der Waals surface area (Å²) in [6.07, 6.45) is 0. The average Bonchev–Trinajstić information content (AvgIpc) is 2.27. The Bertz CT molecular complexity index is 472. The van der Waals surface area contributed by atoms with E-state index in [1.54, 1.807) is 12.1 Å². The first kappa shape index (κ1) is 10.7. The number of hydrogen-bond acceptors (Lipinski definition) is 4. The topological polar surface area (TPSA) is 93.0 Å². The zero-order valence-electron chi connectivity index (χ0n) is 8.10. The van der Waals surface area contributed by atoms with E-state index < -0.39 is 4.92 Å². The number of nitriles is 1. The zero-order chi connectivity index (χ0) is 11.4. The molecule has 0 aliphatic heterocycles. The van der Waals surface area contributed by atoms with Crippen molar-refractivity contribution >= 4 is 11.4 Å². The summed E-state index contributed by atoms with van der Waals surface area (Å²) in [5, 5.41) is 19.3. The smallest absolute Gasteiger partial charge is 0.278 e. The summed E-state index contributed by atoms with van der Waals surface area (Å²) in [7, 11) is 0. The highest BCUT2D eigenvalue weighted by atomic mass is 16.6. The number of nitro benzene ring substituents is 1. The summed E-state index contributed by atoms with van der Waals surface area (Å²) < 4.78 is 0. The summed E-state index contributed by atoms with van der Waals surface area (Å²) in [6, 6.07) is 7.93. The van der Waals surface area contributed by atoms with Gasteiger partial charge in [-0.25, -0.2) is 0 Å². The third-order valence-corrected chi connectivity index (χ3v) is 1.96. The minimum Gasteiger partial charge on any atom is -0.397 e. The summed E-state index contributed by atoms with van der Waals surface area (Å²) in [4.78, 5) is 10.2. The number of nitrogens with zero attached hydrogens (tertiary/aromatic N) is 2. The van der Waals surface area contributed by atoms with E-state index in [-0.39, 0.29) is 22.5 Å². The molecule has 0 amide bonds. The molecule has 0 fully saturated rings. The van der Waals surface area contributed by atoms with Gasteiger partial charge in [0.1, 0.15) is 0 Å². The Morgan fingerprint density at radius 3 is 2.67 bits per heavy atom. The number of benzene rings is 1. The van der Waals surface area contributed by atoms with Gasteiger partial charge in [-0.1, -0.05) is 12.1 Å². The molecule has 0 spiro atoms. The predicted octanol–water partition coefficient (Wildman–Crippen LogP) is 1.81. The van der Waals surface area contributed by atoms with E-state index in [9.17, 15) is 10.1 Å². The van der Waals surface area contributed by atoms with Crippen LogP contribution in [-0.2, 0) is 0 Å². The van der Waals surface area contributed by atoms with E-state index >= 15 is 0 Å². The van der Waals surface area contributed by atoms with Crippen LogP contribution in [-0.4, -0.2) is 4.92 Å². The molecule has 2 N–H and O–H groups in total. The van der Waals surface area contributed by atoms with Crippen LogP contribution in [0.25, 0.3) is 5.70 Å². The molecule has 0 bridgehead atoms. The highest BCUT2D eigenvalue weighted by molar-refractivity contribution is 5.74. The molecule has 0 radical (unpaired) electrons. The number of rotatable bonds is 2. The molecule has 0 aromatic heterocycles. The largest absolute Gasteiger partial charge is 0.397 e. The SMILES string of the molecule is C/C(C#N)=C(/N)c1ccccc1[N+](=O)[O-]. The van der Waals surface area contributed by atoms with Crippen molar-refractivity contribution in [2.24, 2.45) is 5.73 Å². The summed E-state index contributed by atoms with van der Waals surface area (Å²) in [5.74, 6) is 0. The van der Waals surface area contributed by atoms with Crippen LogP contribution < -0.4 is 5.73 Å². The summed E-state index contributed by atoms with van der Waals surface area (Å²) in [5.41, 5.74) is 6.24. The fourth-order valence-corrected chi connectivity index (χ4v) is 1.12. The molecule has 0 heterocycles. The van der Waals surface area contributed by atoms with Crippen LogP contribution in [0.15, 0.2) is 29.8 Å². The minimum atomic E-state index is -0.521. The monoisotopic (exact) mass is 203 g/mol. The van der Waals surface area contributed by atoms with Gasteiger partial charge in [0.05, 0.1) is 27.8 Å². The van der Waals surface area contributed by atoms with Crippen LogP contribution in [0.5, 0.6) is 0 Å². The first-order valence-corrected chi connectivity index (χ1v) is 4.18. The van der Waals surface area contributed by atoms with E-state index in [2.05, 4.69) is 0 Å². The van der Waals surface area contributed by atoms with Crippen LogP contribution in [0, 0.1) is 21.4 Å². The van der Waals surface area contributed by atoms with Crippen molar-refractivity contribution in [1.82, 2.24) is 0 Å². The fourth-order valence-electron chi connectivity index (χ4n) is 1.12. The second-order valence-corrected chi connectivity index (χ2v) is 2.92. The lowest BCUT2D eigenvalue weighted by Gasteiger charge is -2.03. The average molecular weight is 203 g/mol. The predicted molar refractivity (Wildman–Crippen MR) is 55.5 cm³/mol. The molecule has 1 aromatic rings. The van der Waals surface area contributed by atoms with Gasteiger partial charge >= 0.3 is 0 Å². The molecule has 76 valence electrons. The molecule has 5 nitrogen and oxygen atoms in total. The molecule has 0 atom stereocenters. The molecule has 0 saturated heterocycles. The van der Waals surface area contributed by atoms with Crippen LogP contribution in [0.1, 0.15) is 12.5 Å². The molecule has 0 aliphatic rings. The van der Waals surface area contributed by atoms with Crippen molar-refractivity contribution in [3.63, 3.8) is 0 Å². The third kappa shape index (κ3) is 2.11. The molecular weight excluding hydrogens is 194 g/mol. The zero-order valence-corrected chi connectivity index (χ0v) is 8.10. The number of nitrogens with two attached hydrogens (primary N) is 1. The maximum Gasteiger partial charge on any atom is 0.278 e. The summed E-state index contributed by atoms with van der Waals surface area (Å²) >= 11 is 0. The maximum atomic E-state index is 10.7. The normalized spacial score (nSPS) is 11.5. The van der Waals surface area contributed by atoms with Gasteiger partial charge in [-0.3, -0.25) is 10.1 Å². The Labute approximate surface area is 86.6 Å². The van der Waals surface area contributed by atoms with E-state index in [1.165, 1.54) is 19.1 Å². The number of para-hydroxylation sites is 1. The van der Waals surface area contributed by atoms with Crippen molar-refractivity contribution < 1.29 is 4.92 Å². The highest BCUT2D eigenvalue weighted by Gasteiger charge is 2.15. The van der Waals surface area contributed by atoms with E-state index in [1.807, 2.05) is 6.07 Å². The van der Waals surface area contributed by atoms with Gasteiger partial charge in [0, 0.05) is 6.07 Å². The molecule has 1 aromatic carbocycles. The Morgan fingerprint density at radius 1 is 1.53 bits per heavy atom. The first-order chi connectivity index (χ1) is 7.07. The molecule has 0 aliphatic carbocycles. The van der Waals surface area contributed by atoms with E-state index in [0.717, 1.165) is 0 Å². The molecule has 15 heavy (non-hydrogen) atoms. The van der Waals surface area contributed by atoms with Crippen LogP contribution in [0.3, 0.4) is 0 Å². The van der Waals surface area contributed by atoms with Crippen LogP contribution in [0.4, 0.5) is 5.69 Å². The van der Waals surface area contributed by atoms with Crippen molar-refractivity contribution in [3.05, 3.63) is 45.5 Å². The van der Waals surface area contributed by atoms with Gasteiger partial charge in [-0.05, 0) is 13.0 Å². The standard InChI is InChI=1S/C10H9N3O2/c1-7(6-11)10(12)8-4-2-3-5-9(8)13(14)15/h2-5H,12H2,1H3/b10-7-. The first-order valence-electron chi connectivity index (χ1n) is 4.18. The van der Waals surface area contributed by atoms with Crippen molar-refractivity contribution in [1.29, 1.82) is 5.26 Å². The Balaban J connectivity index is 3.40. The molecule has 1 rings (SSSR count). The van der Waals surface area contributed by atoms with Gasteiger partial charge in [0.15, 0.2) is 0 Å². The summed E-state index contributed by atoms with van der Waals surface area (Å²) in [6.45, 7) is 1.52. The molecule has 5 heteroatoms. The van der Waals surface area contributed by atoms with E-state index in [0.29, 0.717) is 0 Å². The lowest BCUT2D eigenvalue weighted by Crippen LogP contribution is -2.03. The third-order valence-electron chi connectivity index (χ3n) is 1.96. The van der Waals surface area contributed by atoms with Gasteiger partial charge in [-0.2, -0.15) is 5.26 Å². The van der Waals surface area contributed by atoms with Crippen molar-refractivity contribution in [2.75, 3.05) is 0 Å². The Kier molecular flexibility index (Phi) is 3.03. The number of hydrogen-bond donors (Lipinski definition) is 1. The van der Waals surface area contributed by atoms with Gasteiger partial charge < -0.3 is 5.73 Å². The lowest BCUT2D eigenvalue weighted by atomic mass is 10.1. The lowest BCUT2D eigenvalue weighted by molar-refractivity contribution is -0.385.